The second kappa shape index (κ2) is 5.96. The number of aliphatic hydroxyl groups is 1. The molecule has 1 fully saturated rings. The van der Waals surface area contributed by atoms with E-state index in [4.69, 9.17) is 27.9 Å². The Hall–Kier alpha value is -1.65. The molecular weight excluding hydrogens is 361 g/mol. The molecule has 0 radical (unpaired) electrons. The van der Waals surface area contributed by atoms with Gasteiger partial charge in [-0.05, 0) is 44.4 Å². The van der Waals surface area contributed by atoms with Crippen LogP contribution < -0.4 is 10.1 Å². The van der Waals surface area contributed by atoms with E-state index in [0.29, 0.717) is 22.8 Å². The lowest BCUT2D eigenvalue weighted by atomic mass is 9.64. The fourth-order valence-corrected chi connectivity index (χ4v) is 4.29. The number of carbonyl (C=O) groups is 1. The highest BCUT2D eigenvalue weighted by Gasteiger charge is 2.71. The van der Waals surface area contributed by atoms with E-state index in [1.54, 1.807) is 6.92 Å². The smallest absolute Gasteiger partial charge is 0.268 e. The third-order valence-corrected chi connectivity index (χ3v) is 6.14. The second-order valence-electron chi connectivity index (χ2n) is 6.78. The van der Waals surface area contributed by atoms with E-state index in [2.05, 4.69) is 5.32 Å². The van der Waals surface area contributed by atoms with Gasteiger partial charge in [0.1, 0.15) is 11.5 Å². The molecule has 1 heterocycles. The number of nitrogens with one attached hydrogen (secondary N) is 1. The monoisotopic (exact) mass is 381 g/mol. The van der Waals surface area contributed by atoms with Crippen molar-refractivity contribution in [3.63, 3.8) is 0 Å². The Balaban J connectivity index is 2.10. The van der Waals surface area contributed by atoms with E-state index >= 15 is 0 Å². The zero-order valence-corrected chi connectivity index (χ0v) is 16.2. The molecule has 0 aromatic heterocycles. The number of hydrogen-bond donors (Lipinski definition) is 2. The molecule has 1 aliphatic heterocycles. The van der Waals surface area contributed by atoms with Gasteiger partial charge in [-0.15, -0.1) is 0 Å². The van der Waals surface area contributed by atoms with Crippen LogP contribution in [0.5, 0.6) is 5.75 Å². The fraction of sp³-hybridized carbons (Fsp3) is 0.421. The Morgan fingerprint density at radius 3 is 2.52 bits per heavy atom. The summed E-state index contributed by atoms with van der Waals surface area (Å²) >= 11 is 12.6. The van der Waals surface area contributed by atoms with Gasteiger partial charge in [0.25, 0.3) is 5.91 Å². The minimum absolute atomic E-state index is 0.0951. The molecule has 1 aromatic rings. The number of ether oxygens (including phenoxy) is 1. The summed E-state index contributed by atoms with van der Waals surface area (Å²) in [6.45, 7) is 7.51. The van der Waals surface area contributed by atoms with Gasteiger partial charge in [0.2, 0.25) is 5.60 Å². The molecule has 1 saturated heterocycles. The maximum atomic E-state index is 12.6. The summed E-state index contributed by atoms with van der Waals surface area (Å²) in [6, 6.07) is 5.76. The van der Waals surface area contributed by atoms with E-state index in [-0.39, 0.29) is 23.1 Å². The molecule has 134 valence electrons. The van der Waals surface area contributed by atoms with E-state index in [1.807, 2.05) is 39.0 Å². The lowest BCUT2D eigenvalue weighted by Gasteiger charge is -2.57. The van der Waals surface area contributed by atoms with Gasteiger partial charge in [-0.25, -0.2) is 0 Å². The molecule has 1 aliphatic carbocycles. The van der Waals surface area contributed by atoms with Crippen LogP contribution in [0.1, 0.15) is 37.8 Å². The summed E-state index contributed by atoms with van der Waals surface area (Å²) in [5.74, 6) is 0.227. The largest absolute Gasteiger partial charge is 0.508 e. The number of allylic oxidation sites excluding steroid dienone is 2. The normalized spacial score (nSPS) is 29.0. The van der Waals surface area contributed by atoms with Crippen molar-refractivity contribution < 1.29 is 14.6 Å². The standard InChI is InChI=1S/C19H21Cl2NO3/c1-5-19(25-14-7-6-10(2)8-11(14)3)17(24)22-18(19)9-13(20)12(4)15(21)16(18)23/h6-8,23H,5,9H2,1-4H3,(H,22,24). The minimum Gasteiger partial charge on any atom is -0.508 e. The van der Waals surface area contributed by atoms with Crippen molar-refractivity contribution in [2.24, 2.45) is 0 Å². The summed E-state index contributed by atoms with van der Waals surface area (Å²) in [4.78, 5) is 12.6. The maximum absolute atomic E-state index is 12.6. The zero-order chi connectivity index (χ0) is 18.6. The van der Waals surface area contributed by atoms with Gasteiger partial charge in [-0.3, -0.25) is 4.79 Å². The fourth-order valence-electron chi connectivity index (χ4n) is 3.67. The summed E-state index contributed by atoms with van der Waals surface area (Å²) < 4.78 is 6.23. The highest BCUT2D eigenvalue weighted by Crippen LogP contribution is 2.52. The number of halogens is 2. The molecule has 2 aliphatic rings. The number of rotatable bonds is 3. The van der Waals surface area contributed by atoms with Crippen molar-refractivity contribution in [3.8, 4) is 5.75 Å². The second-order valence-corrected chi connectivity index (χ2v) is 7.61. The SMILES string of the molecule is CCC1(Oc2ccc(C)cc2C)C(=O)NC12CC(Cl)=C(C)C(Cl)=C2O. The predicted octanol–water partition coefficient (Wildman–Crippen LogP) is 4.62. The molecule has 2 atom stereocenters. The van der Waals surface area contributed by atoms with Crippen LogP contribution in [0.3, 0.4) is 0 Å². The van der Waals surface area contributed by atoms with Gasteiger partial charge in [0.05, 0.1) is 5.03 Å². The molecule has 3 rings (SSSR count). The third kappa shape index (κ3) is 2.38. The van der Waals surface area contributed by atoms with Crippen LogP contribution in [-0.4, -0.2) is 22.2 Å². The molecule has 1 aromatic carbocycles. The summed E-state index contributed by atoms with van der Waals surface area (Å²) in [5, 5.41) is 14.2. The Labute approximate surface area is 157 Å². The molecule has 0 bridgehead atoms. The average Bonchev–Trinajstić information content (AvgIpc) is 2.57. The van der Waals surface area contributed by atoms with Crippen LogP contribution in [0.25, 0.3) is 0 Å². The molecule has 1 spiro atoms. The number of amides is 1. The Bertz CT molecular complexity index is 830. The highest BCUT2D eigenvalue weighted by atomic mass is 35.5. The van der Waals surface area contributed by atoms with Crippen LogP contribution in [0.2, 0.25) is 0 Å². The van der Waals surface area contributed by atoms with Crippen molar-refractivity contribution >= 4 is 29.1 Å². The lowest BCUT2D eigenvalue weighted by molar-refractivity contribution is -0.170. The first-order valence-electron chi connectivity index (χ1n) is 8.22. The van der Waals surface area contributed by atoms with Gasteiger partial charge in [0.15, 0.2) is 5.54 Å². The average molecular weight is 382 g/mol. The predicted molar refractivity (Wildman–Crippen MR) is 99.1 cm³/mol. The van der Waals surface area contributed by atoms with E-state index < -0.39 is 11.1 Å². The van der Waals surface area contributed by atoms with Crippen molar-refractivity contribution in [2.75, 3.05) is 0 Å². The number of β-lactam (4-membered cyclic amide) rings is 1. The van der Waals surface area contributed by atoms with Crippen molar-refractivity contribution in [3.05, 3.63) is 50.7 Å². The van der Waals surface area contributed by atoms with Crippen LogP contribution >= 0.6 is 23.2 Å². The van der Waals surface area contributed by atoms with Crippen LogP contribution in [-0.2, 0) is 4.79 Å². The maximum Gasteiger partial charge on any atom is 0.268 e. The number of carbonyl (C=O) groups excluding carboxylic acids is 1. The minimum atomic E-state index is -1.27. The Kier molecular flexibility index (Phi) is 4.33. The van der Waals surface area contributed by atoms with Crippen molar-refractivity contribution in [1.82, 2.24) is 5.32 Å². The van der Waals surface area contributed by atoms with Gasteiger partial charge in [-0.2, -0.15) is 0 Å². The van der Waals surface area contributed by atoms with Crippen molar-refractivity contribution in [2.45, 2.75) is 51.7 Å². The molecule has 4 nitrogen and oxygen atoms in total. The molecule has 0 saturated carbocycles. The quantitative estimate of drug-likeness (QED) is 0.750. The zero-order valence-electron chi connectivity index (χ0n) is 14.7. The highest BCUT2D eigenvalue weighted by molar-refractivity contribution is 6.36. The van der Waals surface area contributed by atoms with Crippen LogP contribution in [0, 0.1) is 13.8 Å². The number of benzene rings is 1. The lowest BCUT2D eigenvalue weighted by Crippen LogP contribution is -2.84. The van der Waals surface area contributed by atoms with Gasteiger partial charge in [-0.1, -0.05) is 47.8 Å². The van der Waals surface area contributed by atoms with E-state index in [0.717, 1.165) is 11.1 Å². The van der Waals surface area contributed by atoms with Crippen LogP contribution in [0.4, 0.5) is 0 Å². The van der Waals surface area contributed by atoms with E-state index in [1.165, 1.54) is 0 Å². The first-order chi connectivity index (χ1) is 11.7. The number of aliphatic hydroxyl groups excluding tert-OH is 1. The Morgan fingerprint density at radius 2 is 1.96 bits per heavy atom. The van der Waals surface area contributed by atoms with Crippen molar-refractivity contribution in [1.29, 1.82) is 0 Å². The Morgan fingerprint density at radius 1 is 1.28 bits per heavy atom. The number of aryl methyl sites for hydroxylation is 2. The summed E-state index contributed by atoms with van der Waals surface area (Å²) in [7, 11) is 0. The third-order valence-electron chi connectivity index (χ3n) is 5.26. The van der Waals surface area contributed by atoms with Crippen LogP contribution in [0.15, 0.2) is 39.6 Å². The van der Waals surface area contributed by atoms with E-state index in [9.17, 15) is 9.90 Å². The summed E-state index contributed by atoms with van der Waals surface area (Å²) in [5.41, 5.74) is 0.227. The first kappa shape index (κ1) is 18.2. The molecule has 2 N–H and O–H groups in total. The molecule has 6 heteroatoms. The molecule has 2 unspecified atom stereocenters. The first-order valence-corrected chi connectivity index (χ1v) is 8.98. The topological polar surface area (TPSA) is 58.6 Å². The van der Waals surface area contributed by atoms with Gasteiger partial charge < -0.3 is 15.2 Å². The molecule has 1 amide bonds. The molecular formula is C19H21Cl2NO3. The van der Waals surface area contributed by atoms with Gasteiger partial charge in [0, 0.05) is 11.5 Å². The summed E-state index contributed by atoms with van der Waals surface area (Å²) in [6.07, 6.45) is 0.608. The molecule has 25 heavy (non-hydrogen) atoms. The van der Waals surface area contributed by atoms with Gasteiger partial charge >= 0.3 is 0 Å². The number of hydrogen-bond acceptors (Lipinski definition) is 3.